The molecule has 2 fully saturated rings. The zero-order chi connectivity index (χ0) is 28.6. The molecule has 0 heterocycles. The summed E-state index contributed by atoms with van der Waals surface area (Å²) in [4.78, 5) is 51.7. The summed E-state index contributed by atoms with van der Waals surface area (Å²) in [6.45, 7) is 13.7. The van der Waals surface area contributed by atoms with E-state index in [4.69, 9.17) is 4.74 Å². The molecule has 212 valence electrons. The van der Waals surface area contributed by atoms with Crippen LogP contribution in [0.1, 0.15) is 93.4 Å². The highest BCUT2D eigenvalue weighted by Crippen LogP contribution is 2.71. The lowest BCUT2D eigenvalue weighted by Gasteiger charge is -2.61. The molecular weight excluding hydrogens is 484 g/mol. The Morgan fingerprint density at radius 1 is 1.03 bits per heavy atom. The molecule has 0 aromatic carbocycles. The van der Waals surface area contributed by atoms with Crippen LogP contribution in [0.25, 0.3) is 0 Å². The van der Waals surface area contributed by atoms with E-state index in [-0.39, 0.29) is 54.4 Å². The average molecular weight is 531 g/mol. The summed E-state index contributed by atoms with van der Waals surface area (Å²) in [7, 11) is 1.31. The Morgan fingerprint density at radius 2 is 1.66 bits per heavy atom. The van der Waals surface area contributed by atoms with Gasteiger partial charge in [-0.15, -0.1) is 0 Å². The number of aliphatic hydroxyl groups excluding tert-OH is 2. The quantitative estimate of drug-likeness (QED) is 0.494. The summed E-state index contributed by atoms with van der Waals surface area (Å²) < 4.78 is 4.76. The molecule has 0 aliphatic heterocycles. The first-order valence-corrected chi connectivity index (χ1v) is 14.2. The van der Waals surface area contributed by atoms with Crippen LogP contribution in [0.15, 0.2) is 11.1 Å². The summed E-state index contributed by atoms with van der Waals surface area (Å²) in [6, 6.07) is 0. The van der Waals surface area contributed by atoms with E-state index in [1.165, 1.54) is 7.11 Å². The number of allylic oxidation sites excluding steroid dienone is 1. The first-order valence-electron chi connectivity index (χ1n) is 14.2. The van der Waals surface area contributed by atoms with E-state index < -0.39 is 45.8 Å². The van der Waals surface area contributed by atoms with Crippen molar-refractivity contribution in [2.75, 3.05) is 7.11 Å². The van der Waals surface area contributed by atoms with Crippen molar-refractivity contribution in [3.05, 3.63) is 11.1 Å². The number of aliphatic hydroxyl groups is 2. The molecule has 0 aromatic rings. The topological polar surface area (TPSA) is 118 Å². The Labute approximate surface area is 226 Å². The van der Waals surface area contributed by atoms with Crippen molar-refractivity contribution in [3.8, 4) is 0 Å². The van der Waals surface area contributed by atoms with E-state index in [9.17, 15) is 29.4 Å². The lowest BCUT2D eigenvalue weighted by molar-refractivity contribution is -0.147. The molecule has 4 rings (SSSR count). The molecule has 0 spiro atoms. The SMILES string of the molecule is COC(=O)C(C)CC(=O)C[C@@H](C)[C@H]1C[C@@H](O)[C@@]2(C)C3=C(C(=O)C[C@]12C)[C@@]1(C)CCC(=O)C(C)(C)[C@@H]1C[C@@H]3O. The molecule has 2 N–H and O–H groups in total. The van der Waals surface area contributed by atoms with Crippen molar-refractivity contribution < 1.29 is 34.1 Å². The number of hydrogen-bond acceptors (Lipinski definition) is 7. The van der Waals surface area contributed by atoms with Crippen molar-refractivity contribution in [2.24, 2.45) is 45.3 Å². The second-order valence-electron chi connectivity index (χ2n) is 14.1. The zero-order valence-corrected chi connectivity index (χ0v) is 24.3. The molecule has 0 amide bonds. The Hall–Kier alpha value is -1.86. The number of carbonyl (C=O) groups excluding carboxylic acids is 4. The number of hydrogen-bond donors (Lipinski definition) is 2. The van der Waals surface area contributed by atoms with Crippen LogP contribution in [-0.2, 0) is 23.9 Å². The number of carbonyl (C=O) groups is 4. The van der Waals surface area contributed by atoms with Gasteiger partial charge in [0.15, 0.2) is 5.78 Å². The molecular formula is C31H46O7. The second-order valence-corrected chi connectivity index (χ2v) is 14.1. The van der Waals surface area contributed by atoms with Crippen LogP contribution in [0, 0.1) is 45.3 Å². The number of esters is 1. The molecule has 0 saturated heterocycles. The predicted octanol–water partition coefficient (Wildman–Crippen LogP) is 4.22. The summed E-state index contributed by atoms with van der Waals surface area (Å²) in [6.07, 6.45) is 0.728. The summed E-state index contributed by atoms with van der Waals surface area (Å²) in [5.74, 6) is -1.15. The van der Waals surface area contributed by atoms with Gasteiger partial charge in [0.05, 0.1) is 25.2 Å². The van der Waals surface area contributed by atoms with Crippen molar-refractivity contribution in [1.82, 2.24) is 0 Å². The molecule has 9 atom stereocenters. The van der Waals surface area contributed by atoms with Crippen molar-refractivity contribution >= 4 is 23.3 Å². The van der Waals surface area contributed by atoms with E-state index in [0.717, 1.165) is 0 Å². The lowest BCUT2D eigenvalue weighted by atomic mass is 9.42. The minimum absolute atomic E-state index is 0.00770. The zero-order valence-electron chi connectivity index (χ0n) is 24.3. The van der Waals surface area contributed by atoms with E-state index >= 15 is 0 Å². The van der Waals surface area contributed by atoms with Gasteiger partial charge in [0, 0.05) is 47.5 Å². The van der Waals surface area contributed by atoms with Crippen LogP contribution in [0.3, 0.4) is 0 Å². The van der Waals surface area contributed by atoms with Gasteiger partial charge in [0.25, 0.3) is 0 Å². The fourth-order valence-corrected chi connectivity index (χ4v) is 9.40. The summed E-state index contributed by atoms with van der Waals surface area (Å²) in [5.41, 5.74) is -1.31. The standard InChI is InChI=1S/C31H46O7/c1-16(11-18(32)12-17(2)27(37)38-8)19-13-24(36)31(7)26-20(33)14-22-28(3,4)23(35)9-10-29(22,5)25(26)21(34)15-30(19,31)6/h16-17,19-20,22,24,33,36H,9-15H2,1-8H3/t16-,17?,19-,20+,22+,24-,29+,30-,31+/m1/s1. The van der Waals surface area contributed by atoms with Crippen molar-refractivity contribution in [2.45, 2.75) is 106 Å². The maximum absolute atomic E-state index is 14.1. The van der Waals surface area contributed by atoms with Gasteiger partial charge in [-0.1, -0.05) is 48.5 Å². The van der Waals surface area contributed by atoms with Gasteiger partial charge in [-0.05, 0) is 48.0 Å². The Morgan fingerprint density at radius 3 is 2.26 bits per heavy atom. The number of rotatable bonds is 6. The molecule has 4 aliphatic carbocycles. The fraction of sp³-hybridized carbons (Fsp3) is 0.806. The number of fused-ring (bicyclic) bond motifs is 4. The molecule has 0 bridgehead atoms. The first-order chi connectivity index (χ1) is 17.5. The molecule has 1 unspecified atom stereocenters. The second kappa shape index (κ2) is 9.36. The molecule has 4 aliphatic rings. The van der Waals surface area contributed by atoms with E-state index in [1.54, 1.807) is 6.92 Å². The van der Waals surface area contributed by atoms with Crippen LogP contribution < -0.4 is 0 Å². The van der Waals surface area contributed by atoms with Crippen LogP contribution >= 0.6 is 0 Å². The van der Waals surface area contributed by atoms with Crippen LogP contribution in [0.4, 0.5) is 0 Å². The number of ether oxygens (including phenoxy) is 1. The molecule has 7 heteroatoms. The fourth-order valence-electron chi connectivity index (χ4n) is 9.40. The number of ketones is 3. The third kappa shape index (κ3) is 3.89. The average Bonchev–Trinajstić information content (AvgIpc) is 3.03. The Bertz CT molecular complexity index is 1090. The number of Topliss-reactive ketones (excluding diaryl/α,β-unsaturated/α-hetero) is 3. The van der Waals surface area contributed by atoms with Crippen molar-refractivity contribution in [3.63, 3.8) is 0 Å². The highest BCUT2D eigenvalue weighted by molar-refractivity contribution is 6.01. The van der Waals surface area contributed by atoms with Crippen LogP contribution in [0.2, 0.25) is 0 Å². The molecule has 7 nitrogen and oxygen atoms in total. The normalized spacial score (nSPS) is 41.6. The van der Waals surface area contributed by atoms with E-state index in [2.05, 4.69) is 6.92 Å². The molecule has 0 aromatic heterocycles. The predicted molar refractivity (Wildman–Crippen MR) is 142 cm³/mol. The summed E-state index contributed by atoms with van der Waals surface area (Å²) >= 11 is 0. The van der Waals surface area contributed by atoms with Crippen molar-refractivity contribution in [1.29, 1.82) is 0 Å². The van der Waals surface area contributed by atoms with Gasteiger partial charge in [0.2, 0.25) is 0 Å². The third-order valence-electron chi connectivity index (χ3n) is 11.8. The molecule has 38 heavy (non-hydrogen) atoms. The van der Waals surface area contributed by atoms with E-state index in [0.29, 0.717) is 36.8 Å². The minimum Gasteiger partial charge on any atom is -0.469 e. The number of methoxy groups -OCH3 is 1. The van der Waals surface area contributed by atoms with Gasteiger partial charge in [-0.25, -0.2) is 0 Å². The van der Waals surface area contributed by atoms with E-state index in [1.807, 2.05) is 34.6 Å². The molecule has 0 radical (unpaired) electrons. The lowest BCUT2D eigenvalue weighted by Crippen LogP contribution is -2.60. The van der Waals surface area contributed by atoms with Crippen LogP contribution in [-0.4, -0.2) is 52.8 Å². The van der Waals surface area contributed by atoms with Crippen LogP contribution in [0.5, 0.6) is 0 Å². The first kappa shape index (κ1) is 29.1. The largest absolute Gasteiger partial charge is 0.469 e. The van der Waals surface area contributed by atoms with Gasteiger partial charge in [-0.2, -0.15) is 0 Å². The Balaban J connectivity index is 1.71. The third-order valence-corrected chi connectivity index (χ3v) is 11.8. The summed E-state index contributed by atoms with van der Waals surface area (Å²) in [5, 5.41) is 23.3. The maximum atomic E-state index is 14.1. The van der Waals surface area contributed by atoms with Gasteiger partial charge in [0.1, 0.15) is 11.6 Å². The van der Waals surface area contributed by atoms with Gasteiger partial charge < -0.3 is 14.9 Å². The Kier molecular flexibility index (Phi) is 7.18. The highest BCUT2D eigenvalue weighted by atomic mass is 16.5. The monoisotopic (exact) mass is 530 g/mol. The smallest absolute Gasteiger partial charge is 0.308 e. The van der Waals surface area contributed by atoms with Gasteiger partial charge in [-0.3, -0.25) is 19.2 Å². The minimum atomic E-state index is -0.909. The maximum Gasteiger partial charge on any atom is 0.308 e. The van der Waals surface area contributed by atoms with Gasteiger partial charge >= 0.3 is 5.97 Å². The molecule has 2 saturated carbocycles. The highest BCUT2D eigenvalue weighted by Gasteiger charge is 2.70.